The van der Waals surface area contributed by atoms with E-state index in [9.17, 15) is 40.0 Å². The van der Waals surface area contributed by atoms with Crippen LogP contribution in [0.1, 0.15) is 46.8 Å². The van der Waals surface area contributed by atoms with Crippen LogP contribution in [0.25, 0.3) is 0 Å². The summed E-state index contributed by atoms with van der Waals surface area (Å²) in [6.45, 7) is -0.431. The van der Waals surface area contributed by atoms with Gasteiger partial charge in [-0.15, -0.1) is 0 Å². The number of alkyl halides is 4. The molecule has 0 aromatic heterocycles. The first kappa shape index (κ1) is 26.0. The number of carbonyl (C=O) groups excluding carboxylic acids is 2. The molecular formula is C23H22F5N3O4S. The summed E-state index contributed by atoms with van der Waals surface area (Å²) in [5, 5.41) is 7.69. The maximum absolute atomic E-state index is 14.6. The Labute approximate surface area is 203 Å². The van der Waals surface area contributed by atoms with Crippen LogP contribution in [0.15, 0.2) is 47.4 Å². The number of hydrogen-bond acceptors (Lipinski definition) is 4. The summed E-state index contributed by atoms with van der Waals surface area (Å²) in [7, 11) is -4.12. The number of sulfonamides is 1. The zero-order valence-electron chi connectivity index (χ0n) is 18.6. The molecule has 0 spiro atoms. The fraction of sp³-hybridized carbons (Fsp3) is 0.391. The topological polar surface area (TPSA) is 110 Å². The largest absolute Gasteiger partial charge is 0.416 e. The van der Waals surface area contributed by atoms with Crippen LogP contribution < -0.4 is 10.5 Å². The second kappa shape index (κ2) is 9.43. The number of amides is 2. The van der Waals surface area contributed by atoms with Crippen LogP contribution in [-0.2, 0) is 21.0 Å². The molecule has 0 unspecified atom stereocenters. The number of benzene rings is 2. The predicted octanol–water partition coefficient (Wildman–Crippen LogP) is 3.31. The highest BCUT2D eigenvalue weighted by Gasteiger charge is 2.43. The van der Waals surface area contributed by atoms with Crippen LogP contribution in [0.2, 0.25) is 0 Å². The van der Waals surface area contributed by atoms with E-state index < -0.39 is 64.2 Å². The highest BCUT2D eigenvalue weighted by molar-refractivity contribution is 7.89. The molecule has 194 valence electrons. The molecule has 1 heterocycles. The smallest absolute Gasteiger partial charge is 0.347 e. The van der Waals surface area contributed by atoms with Crippen molar-refractivity contribution in [3.8, 4) is 0 Å². The van der Waals surface area contributed by atoms with Crippen molar-refractivity contribution in [3.63, 3.8) is 0 Å². The van der Waals surface area contributed by atoms with Gasteiger partial charge in [-0.1, -0.05) is 12.1 Å². The molecule has 0 radical (unpaired) electrons. The lowest BCUT2D eigenvalue weighted by Crippen LogP contribution is -2.47. The van der Waals surface area contributed by atoms with E-state index in [-0.39, 0.29) is 28.4 Å². The van der Waals surface area contributed by atoms with Crippen molar-refractivity contribution in [3.05, 3.63) is 65.0 Å². The van der Waals surface area contributed by atoms with Gasteiger partial charge >= 0.3 is 6.18 Å². The summed E-state index contributed by atoms with van der Waals surface area (Å²) >= 11 is 0. The Morgan fingerprint density at radius 1 is 1.11 bits per heavy atom. The lowest BCUT2D eigenvalue weighted by Gasteiger charge is -2.27. The Hall–Kier alpha value is -3.06. The van der Waals surface area contributed by atoms with E-state index in [1.807, 2.05) is 0 Å². The first-order valence-corrected chi connectivity index (χ1v) is 12.5. The van der Waals surface area contributed by atoms with Crippen molar-refractivity contribution in [1.29, 1.82) is 0 Å². The fourth-order valence-corrected chi connectivity index (χ4v) is 4.87. The van der Waals surface area contributed by atoms with E-state index in [0.29, 0.717) is 18.9 Å². The average Bonchev–Trinajstić information content (AvgIpc) is 3.56. The molecule has 7 nitrogen and oxygen atoms in total. The van der Waals surface area contributed by atoms with Gasteiger partial charge in [0, 0.05) is 17.5 Å². The SMILES string of the molecule is NS(=O)(=O)c1cccc(C(=O)N2C[C@@H](F)C[C@@H]2C(=O)N[C@@H](c2ccc(C(F)(F)F)cc2F)C2CC2)c1. The van der Waals surface area contributed by atoms with Crippen LogP contribution in [0.5, 0.6) is 0 Å². The van der Waals surface area contributed by atoms with Gasteiger partial charge in [0.15, 0.2) is 0 Å². The summed E-state index contributed by atoms with van der Waals surface area (Å²) < 4.78 is 91.0. The standard InChI is InChI=1S/C23H22F5N3O4S/c24-15-10-19(31(11-15)22(33)13-2-1-3-16(8-13)36(29,34)35)21(32)30-20(12-4-5-12)17-7-6-14(9-18(17)25)23(26,27)28/h1-3,6-9,12,15,19-20H,4-5,10-11H2,(H,30,32)(H2,29,34,35)/t15-,19+,20+/m0/s1. The normalized spacial score (nSPS) is 21.3. The first-order chi connectivity index (χ1) is 16.8. The molecule has 2 aliphatic rings. The molecule has 2 fully saturated rings. The van der Waals surface area contributed by atoms with Gasteiger partial charge < -0.3 is 10.2 Å². The van der Waals surface area contributed by atoms with Gasteiger partial charge in [-0.05, 0) is 49.1 Å². The molecule has 0 bridgehead atoms. The van der Waals surface area contributed by atoms with Gasteiger partial charge in [0.25, 0.3) is 5.91 Å². The molecule has 4 rings (SSSR count). The van der Waals surface area contributed by atoms with E-state index in [0.717, 1.165) is 23.1 Å². The Kier molecular flexibility index (Phi) is 6.82. The van der Waals surface area contributed by atoms with Gasteiger partial charge in [0.2, 0.25) is 15.9 Å². The minimum atomic E-state index is -4.74. The Morgan fingerprint density at radius 3 is 2.39 bits per heavy atom. The molecule has 1 saturated carbocycles. The molecule has 1 aliphatic carbocycles. The molecule has 2 aromatic rings. The average molecular weight is 532 g/mol. The number of likely N-dealkylation sites (tertiary alicyclic amines) is 1. The first-order valence-electron chi connectivity index (χ1n) is 11.0. The number of carbonyl (C=O) groups is 2. The molecule has 3 N–H and O–H groups in total. The van der Waals surface area contributed by atoms with Gasteiger partial charge in [0.05, 0.1) is 23.0 Å². The number of halogens is 5. The highest BCUT2D eigenvalue weighted by Crippen LogP contribution is 2.43. The van der Waals surface area contributed by atoms with Gasteiger partial charge in [-0.2, -0.15) is 13.2 Å². The maximum Gasteiger partial charge on any atom is 0.416 e. The summed E-state index contributed by atoms with van der Waals surface area (Å²) in [4.78, 5) is 26.8. The van der Waals surface area contributed by atoms with Crippen LogP contribution in [-0.4, -0.2) is 43.9 Å². The van der Waals surface area contributed by atoms with Crippen molar-refractivity contribution < 1.29 is 40.0 Å². The van der Waals surface area contributed by atoms with E-state index >= 15 is 0 Å². The monoisotopic (exact) mass is 531 g/mol. The Morgan fingerprint density at radius 2 is 1.81 bits per heavy atom. The van der Waals surface area contributed by atoms with Gasteiger partial charge in [-0.25, -0.2) is 22.3 Å². The zero-order chi connectivity index (χ0) is 26.4. The number of nitrogens with one attached hydrogen (secondary N) is 1. The molecule has 1 aliphatic heterocycles. The number of primary sulfonamides is 1. The molecule has 1 saturated heterocycles. The zero-order valence-corrected chi connectivity index (χ0v) is 19.5. The van der Waals surface area contributed by atoms with Crippen LogP contribution in [0.4, 0.5) is 22.0 Å². The van der Waals surface area contributed by atoms with Gasteiger partial charge in [0.1, 0.15) is 18.0 Å². The van der Waals surface area contributed by atoms with Crippen LogP contribution >= 0.6 is 0 Å². The van der Waals surface area contributed by atoms with Crippen molar-refractivity contribution in [2.45, 2.75) is 48.6 Å². The second-order valence-corrected chi connectivity index (χ2v) is 10.5. The minimum absolute atomic E-state index is 0.124. The molecule has 2 aromatic carbocycles. The fourth-order valence-electron chi connectivity index (χ4n) is 4.31. The van der Waals surface area contributed by atoms with E-state index in [2.05, 4.69) is 5.32 Å². The molecule has 2 amide bonds. The van der Waals surface area contributed by atoms with E-state index in [1.54, 1.807) is 0 Å². The third kappa shape index (κ3) is 5.51. The minimum Gasteiger partial charge on any atom is -0.347 e. The third-order valence-electron chi connectivity index (χ3n) is 6.28. The number of hydrogen-bond donors (Lipinski definition) is 2. The van der Waals surface area contributed by atoms with Crippen molar-refractivity contribution in [1.82, 2.24) is 10.2 Å². The van der Waals surface area contributed by atoms with Crippen molar-refractivity contribution in [2.75, 3.05) is 6.54 Å². The lowest BCUT2D eigenvalue weighted by atomic mass is 9.99. The quantitative estimate of drug-likeness (QED) is 0.558. The summed E-state index contributed by atoms with van der Waals surface area (Å²) in [5.74, 6) is -2.95. The number of rotatable bonds is 6. The van der Waals surface area contributed by atoms with Crippen molar-refractivity contribution in [2.24, 2.45) is 11.1 Å². The van der Waals surface area contributed by atoms with Crippen LogP contribution in [0.3, 0.4) is 0 Å². The molecule has 36 heavy (non-hydrogen) atoms. The summed E-state index contributed by atoms with van der Waals surface area (Å²) in [5.41, 5.74) is -1.42. The molecule has 13 heteroatoms. The van der Waals surface area contributed by atoms with E-state index in [4.69, 9.17) is 5.14 Å². The van der Waals surface area contributed by atoms with Crippen molar-refractivity contribution >= 4 is 21.8 Å². The third-order valence-corrected chi connectivity index (χ3v) is 7.19. The van der Waals surface area contributed by atoms with Crippen LogP contribution in [0, 0.1) is 11.7 Å². The molecular weight excluding hydrogens is 509 g/mol. The molecule has 3 atom stereocenters. The van der Waals surface area contributed by atoms with E-state index in [1.165, 1.54) is 18.2 Å². The summed E-state index contributed by atoms with van der Waals surface area (Å²) in [6, 6.07) is 4.57. The maximum atomic E-state index is 14.6. The number of nitrogens with zero attached hydrogens (tertiary/aromatic N) is 1. The summed E-state index contributed by atoms with van der Waals surface area (Å²) in [6.07, 6.45) is -5.43. The number of nitrogens with two attached hydrogens (primary N) is 1. The Balaban J connectivity index is 1.57. The predicted molar refractivity (Wildman–Crippen MR) is 117 cm³/mol. The highest BCUT2D eigenvalue weighted by atomic mass is 32.2. The Bertz CT molecular complexity index is 1300. The second-order valence-electron chi connectivity index (χ2n) is 8.94. The lowest BCUT2D eigenvalue weighted by molar-refractivity contribution is -0.137. The van der Waals surface area contributed by atoms with Gasteiger partial charge in [-0.3, -0.25) is 9.59 Å².